The van der Waals surface area contributed by atoms with E-state index in [1.807, 2.05) is 0 Å². The lowest BCUT2D eigenvalue weighted by Gasteiger charge is -2.36. The molecular weight excluding hydrogens is 184 g/mol. The van der Waals surface area contributed by atoms with Crippen molar-refractivity contribution in [3.63, 3.8) is 0 Å². The van der Waals surface area contributed by atoms with Gasteiger partial charge in [0.25, 0.3) is 0 Å². The molecule has 0 aliphatic carbocycles. The molecule has 0 bridgehead atoms. The zero-order valence-electron chi connectivity index (χ0n) is 9.29. The molecule has 2 N–H and O–H groups in total. The van der Waals surface area contributed by atoms with Crippen molar-refractivity contribution in [3.05, 3.63) is 0 Å². The number of hydrogen-bond acceptors (Lipinski definition) is 3. The first kappa shape index (κ1) is 13.1. The van der Waals surface area contributed by atoms with E-state index in [1.54, 1.807) is 0 Å². The van der Waals surface area contributed by atoms with E-state index >= 15 is 0 Å². The van der Waals surface area contributed by atoms with Gasteiger partial charge in [0.1, 0.15) is 0 Å². The molecule has 0 aromatic heterocycles. The van der Waals surface area contributed by atoms with Gasteiger partial charge in [-0.25, -0.2) is 0 Å². The summed E-state index contributed by atoms with van der Waals surface area (Å²) in [5, 5.41) is 17.9. The molecule has 0 rings (SSSR count). The summed E-state index contributed by atoms with van der Waals surface area (Å²) in [4.78, 5) is 0. The van der Waals surface area contributed by atoms with Crippen molar-refractivity contribution in [2.45, 2.75) is 45.0 Å². The normalized spacial score (nSPS) is 15.9. The van der Waals surface area contributed by atoms with Crippen molar-refractivity contribution in [3.8, 4) is 0 Å². The van der Waals surface area contributed by atoms with Crippen LogP contribution in [0, 0.1) is 0 Å². The molecule has 80 valence electrons. The lowest BCUT2D eigenvalue weighted by Crippen LogP contribution is -2.43. The molecule has 1 atom stereocenters. The van der Waals surface area contributed by atoms with E-state index in [0.717, 1.165) is 0 Å². The lowest BCUT2D eigenvalue weighted by molar-refractivity contribution is 0.0489. The van der Waals surface area contributed by atoms with Gasteiger partial charge in [-0.2, -0.15) is 0 Å². The van der Waals surface area contributed by atoms with Gasteiger partial charge in [-0.05, 0) is 18.1 Å². The molecule has 0 saturated heterocycles. The van der Waals surface area contributed by atoms with Crippen LogP contribution >= 0.6 is 0 Å². The fourth-order valence-electron chi connectivity index (χ4n) is 0.574. The molecule has 0 heterocycles. The first-order valence-corrected chi connectivity index (χ1v) is 7.54. The van der Waals surface area contributed by atoms with Crippen LogP contribution < -0.4 is 0 Å². The molecule has 4 heteroatoms. The van der Waals surface area contributed by atoms with E-state index in [-0.39, 0.29) is 18.3 Å². The minimum Gasteiger partial charge on any atom is -0.414 e. The second-order valence-electron chi connectivity index (χ2n) is 4.91. The fraction of sp³-hybridized carbons (Fsp3) is 1.00. The second-order valence-corrected chi connectivity index (χ2v) is 9.72. The van der Waals surface area contributed by atoms with E-state index in [4.69, 9.17) is 14.6 Å². The molecular formula is C9H22O3Si. The van der Waals surface area contributed by atoms with E-state index < -0.39 is 14.4 Å². The summed E-state index contributed by atoms with van der Waals surface area (Å²) in [5.74, 6) is 0. The predicted molar refractivity (Wildman–Crippen MR) is 56.2 cm³/mol. The molecule has 3 nitrogen and oxygen atoms in total. The molecule has 0 fully saturated rings. The van der Waals surface area contributed by atoms with Gasteiger partial charge < -0.3 is 14.6 Å². The summed E-state index contributed by atoms with van der Waals surface area (Å²) in [6.45, 7) is 10.7. The maximum atomic E-state index is 9.13. The Balaban J connectivity index is 4.04. The highest BCUT2D eigenvalue weighted by Gasteiger charge is 2.37. The monoisotopic (exact) mass is 206 g/mol. The Morgan fingerprint density at radius 2 is 1.77 bits per heavy atom. The summed E-state index contributed by atoms with van der Waals surface area (Å²) < 4.78 is 5.68. The van der Waals surface area contributed by atoms with E-state index in [0.29, 0.717) is 0 Å². The highest BCUT2D eigenvalue weighted by molar-refractivity contribution is 6.74. The molecule has 0 aliphatic rings. The maximum absolute atomic E-state index is 9.13. The minimum absolute atomic E-state index is 0.155. The quantitative estimate of drug-likeness (QED) is 0.683. The van der Waals surface area contributed by atoms with Crippen LogP contribution in [0.1, 0.15) is 20.8 Å². The summed E-state index contributed by atoms with van der Waals surface area (Å²) in [6.07, 6.45) is -0.742. The number of rotatable bonds is 4. The average Bonchev–Trinajstić information content (AvgIpc) is 1.98. The van der Waals surface area contributed by atoms with Crippen molar-refractivity contribution >= 4 is 8.32 Å². The number of aliphatic hydroxyl groups is 2. The summed E-state index contributed by atoms with van der Waals surface area (Å²) >= 11 is 0. The molecule has 0 aliphatic heterocycles. The SMILES string of the molecule is CC(C)(C)[Si](C)(C)OCC(O)CO. The molecule has 1 unspecified atom stereocenters. The average molecular weight is 206 g/mol. The van der Waals surface area contributed by atoms with E-state index in [2.05, 4.69) is 33.9 Å². The van der Waals surface area contributed by atoms with Crippen molar-refractivity contribution < 1.29 is 14.6 Å². The zero-order chi connectivity index (χ0) is 10.7. The molecule has 0 saturated carbocycles. The van der Waals surface area contributed by atoms with Gasteiger partial charge in [0.15, 0.2) is 8.32 Å². The van der Waals surface area contributed by atoms with Crippen LogP contribution in [0.3, 0.4) is 0 Å². The van der Waals surface area contributed by atoms with Gasteiger partial charge in [-0.3, -0.25) is 0 Å². The van der Waals surface area contributed by atoms with Crippen molar-refractivity contribution in [1.29, 1.82) is 0 Å². The van der Waals surface area contributed by atoms with Gasteiger partial charge >= 0.3 is 0 Å². The van der Waals surface area contributed by atoms with Crippen molar-refractivity contribution in [1.82, 2.24) is 0 Å². The van der Waals surface area contributed by atoms with E-state index in [9.17, 15) is 0 Å². The van der Waals surface area contributed by atoms with Gasteiger partial charge in [-0.1, -0.05) is 20.8 Å². The number of aliphatic hydroxyl groups excluding tert-OH is 2. The smallest absolute Gasteiger partial charge is 0.192 e. The van der Waals surface area contributed by atoms with Gasteiger partial charge in [0.2, 0.25) is 0 Å². The first-order valence-electron chi connectivity index (χ1n) is 4.63. The molecule has 0 aromatic rings. The molecule has 0 amide bonds. The van der Waals surface area contributed by atoms with Gasteiger partial charge in [0.05, 0.1) is 19.3 Å². The summed E-state index contributed by atoms with van der Waals surface area (Å²) in [7, 11) is -1.76. The Labute approximate surface area is 81.9 Å². The highest BCUT2D eigenvalue weighted by atomic mass is 28.4. The third kappa shape index (κ3) is 4.22. The van der Waals surface area contributed by atoms with Gasteiger partial charge in [-0.15, -0.1) is 0 Å². The van der Waals surface area contributed by atoms with Crippen molar-refractivity contribution in [2.24, 2.45) is 0 Å². The topological polar surface area (TPSA) is 49.7 Å². The molecule has 0 spiro atoms. The Morgan fingerprint density at radius 3 is 2.08 bits per heavy atom. The number of hydrogen-bond donors (Lipinski definition) is 2. The van der Waals surface area contributed by atoms with Crippen LogP contribution in [0.2, 0.25) is 18.1 Å². The Morgan fingerprint density at radius 1 is 1.31 bits per heavy atom. The van der Waals surface area contributed by atoms with E-state index in [1.165, 1.54) is 0 Å². The summed E-state index contributed by atoms with van der Waals surface area (Å²) in [5.41, 5.74) is 0. The minimum atomic E-state index is -1.76. The Kier molecular flexibility index (Phi) is 4.58. The first-order chi connectivity index (χ1) is 5.70. The Hall–Kier alpha value is 0.0969. The third-order valence-corrected chi connectivity index (χ3v) is 7.15. The van der Waals surface area contributed by atoms with Crippen LogP contribution in [0.5, 0.6) is 0 Å². The van der Waals surface area contributed by atoms with Crippen LogP contribution in [0.25, 0.3) is 0 Å². The zero-order valence-corrected chi connectivity index (χ0v) is 10.3. The largest absolute Gasteiger partial charge is 0.414 e. The van der Waals surface area contributed by atoms with Crippen LogP contribution in [-0.2, 0) is 4.43 Å². The third-order valence-electron chi connectivity index (χ3n) is 2.65. The second kappa shape index (κ2) is 4.55. The molecule has 0 radical (unpaired) electrons. The van der Waals surface area contributed by atoms with Crippen LogP contribution in [0.4, 0.5) is 0 Å². The highest BCUT2D eigenvalue weighted by Crippen LogP contribution is 2.36. The van der Waals surface area contributed by atoms with Crippen molar-refractivity contribution in [2.75, 3.05) is 13.2 Å². The standard InChI is InChI=1S/C9H22O3Si/c1-9(2,3)13(4,5)12-7-8(11)6-10/h8,10-11H,6-7H2,1-5H3. The van der Waals surface area contributed by atoms with Crippen LogP contribution in [0.15, 0.2) is 0 Å². The molecule has 13 heavy (non-hydrogen) atoms. The maximum Gasteiger partial charge on any atom is 0.192 e. The predicted octanol–water partition coefficient (Wildman–Crippen LogP) is 1.36. The van der Waals surface area contributed by atoms with Gasteiger partial charge in [0, 0.05) is 0 Å². The fourth-order valence-corrected chi connectivity index (χ4v) is 1.62. The molecule has 0 aromatic carbocycles. The summed E-state index contributed by atoms with van der Waals surface area (Å²) in [6, 6.07) is 0. The van der Waals surface area contributed by atoms with Crippen LogP contribution in [-0.4, -0.2) is 37.8 Å². The lowest BCUT2D eigenvalue weighted by atomic mass is 10.2. The Bertz CT molecular complexity index is 151.